The van der Waals surface area contributed by atoms with E-state index >= 15 is 0 Å². The summed E-state index contributed by atoms with van der Waals surface area (Å²) in [6, 6.07) is 0. The van der Waals surface area contributed by atoms with Gasteiger partial charge in [-0.1, -0.05) is 10.3 Å². The van der Waals surface area contributed by atoms with Gasteiger partial charge in [-0.2, -0.15) is 0 Å². The van der Waals surface area contributed by atoms with Crippen molar-refractivity contribution in [1.29, 1.82) is 0 Å². The standard InChI is InChI=1S/C5H8N4O3/c1-2-12-5(10)4(8-11)3-7-9-6/h11H,2-3H2,1H3/b8-4+. The molecule has 0 amide bonds. The maximum atomic E-state index is 10.8. The number of hydrogen-bond acceptors (Lipinski definition) is 5. The van der Waals surface area contributed by atoms with Gasteiger partial charge in [0.2, 0.25) is 0 Å². The molecule has 0 atom stereocenters. The highest BCUT2D eigenvalue weighted by molar-refractivity contribution is 6.37. The van der Waals surface area contributed by atoms with Gasteiger partial charge in [0, 0.05) is 4.91 Å². The highest BCUT2D eigenvalue weighted by Gasteiger charge is 2.11. The Morgan fingerprint density at radius 2 is 2.42 bits per heavy atom. The van der Waals surface area contributed by atoms with E-state index < -0.39 is 5.97 Å². The number of carbonyl (C=O) groups excluding carboxylic acids is 1. The normalized spacial score (nSPS) is 10.2. The molecule has 0 rings (SSSR count). The summed E-state index contributed by atoms with van der Waals surface area (Å²) in [6.07, 6.45) is 0. The van der Waals surface area contributed by atoms with Crippen LogP contribution in [0, 0.1) is 0 Å². The first-order valence-electron chi connectivity index (χ1n) is 3.15. The number of oxime groups is 1. The molecule has 0 aliphatic rings. The number of carbonyl (C=O) groups is 1. The van der Waals surface area contributed by atoms with Crippen LogP contribution in [0.1, 0.15) is 6.92 Å². The molecule has 7 nitrogen and oxygen atoms in total. The number of hydrogen-bond donors (Lipinski definition) is 1. The Labute approximate surface area is 68.3 Å². The second-order valence-electron chi connectivity index (χ2n) is 1.66. The summed E-state index contributed by atoms with van der Waals surface area (Å²) in [6.45, 7) is 1.47. The molecule has 0 fully saturated rings. The Morgan fingerprint density at radius 3 is 2.83 bits per heavy atom. The van der Waals surface area contributed by atoms with Crippen molar-refractivity contribution in [2.75, 3.05) is 13.2 Å². The van der Waals surface area contributed by atoms with Crippen LogP contribution in [0.15, 0.2) is 10.3 Å². The quantitative estimate of drug-likeness (QED) is 0.128. The smallest absolute Gasteiger partial charge is 0.356 e. The van der Waals surface area contributed by atoms with Crippen molar-refractivity contribution < 1.29 is 14.7 Å². The van der Waals surface area contributed by atoms with E-state index in [2.05, 4.69) is 19.9 Å². The number of rotatable bonds is 4. The average Bonchev–Trinajstić information content (AvgIpc) is 2.06. The molecule has 1 N–H and O–H groups in total. The monoisotopic (exact) mass is 172 g/mol. The zero-order valence-electron chi connectivity index (χ0n) is 6.47. The van der Waals surface area contributed by atoms with Gasteiger partial charge in [0.1, 0.15) is 0 Å². The molecule has 0 aliphatic heterocycles. The Balaban J connectivity index is 4.16. The van der Waals surface area contributed by atoms with E-state index in [0.717, 1.165) is 0 Å². The van der Waals surface area contributed by atoms with Crippen LogP contribution in [-0.4, -0.2) is 30.0 Å². The van der Waals surface area contributed by atoms with E-state index in [1.54, 1.807) is 6.92 Å². The molecule has 0 saturated heterocycles. The largest absolute Gasteiger partial charge is 0.461 e. The number of ether oxygens (including phenoxy) is 1. The van der Waals surface area contributed by atoms with E-state index in [-0.39, 0.29) is 18.9 Å². The zero-order chi connectivity index (χ0) is 9.40. The van der Waals surface area contributed by atoms with Gasteiger partial charge in [-0.05, 0) is 12.5 Å². The fraction of sp³-hybridized carbons (Fsp3) is 0.600. The molecule has 0 aromatic carbocycles. The van der Waals surface area contributed by atoms with Crippen LogP contribution >= 0.6 is 0 Å². The van der Waals surface area contributed by atoms with Crippen molar-refractivity contribution in [3.05, 3.63) is 10.4 Å². The third kappa shape index (κ3) is 3.43. The predicted octanol–water partition coefficient (Wildman–Crippen LogP) is 0.690. The number of azide groups is 1. The van der Waals surface area contributed by atoms with Gasteiger partial charge in [-0.3, -0.25) is 0 Å². The highest BCUT2D eigenvalue weighted by atomic mass is 16.5. The van der Waals surface area contributed by atoms with Gasteiger partial charge in [-0.15, -0.1) is 0 Å². The van der Waals surface area contributed by atoms with Crippen molar-refractivity contribution in [3.8, 4) is 0 Å². The molecular formula is C5H8N4O3. The van der Waals surface area contributed by atoms with Gasteiger partial charge in [0.15, 0.2) is 5.71 Å². The zero-order valence-corrected chi connectivity index (χ0v) is 6.47. The van der Waals surface area contributed by atoms with Crippen LogP contribution in [0.3, 0.4) is 0 Å². The maximum Gasteiger partial charge on any atom is 0.356 e. The van der Waals surface area contributed by atoms with E-state index in [9.17, 15) is 4.79 Å². The SMILES string of the molecule is CCOC(=O)/C(CN=[N+]=[N-])=N/O. The van der Waals surface area contributed by atoms with Crippen LogP contribution in [0.4, 0.5) is 0 Å². The van der Waals surface area contributed by atoms with E-state index in [1.807, 2.05) is 0 Å². The summed E-state index contributed by atoms with van der Waals surface area (Å²) in [5.74, 6) is -0.785. The fourth-order valence-electron chi connectivity index (χ4n) is 0.450. The molecule has 7 heteroatoms. The molecular weight excluding hydrogens is 164 g/mol. The first-order valence-corrected chi connectivity index (χ1v) is 3.15. The summed E-state index contributed by atoms with van der Waals surface area (Å²) in [4.78, 5) is 13.2. The average molecular weight is 172 g/mol. The van der Waals surface area contributed by atoms with Crippen molar-refractivity contribution in [2.24, 2.45) is 10.3 Å². The molecule has 0 aliphatic carbocycles. The molecule has 0 saturated carbocycles. The van der Waals surface area contributed by atoms with E-state index in [0.29, 0.717) is 0 Å². The molecule has 12 heavy (non-hydrogen) atoms. The lowest BCUT2D eigenvalue weighted by atomic mass is 10.4. The van der Waals surface area contributed by atoms with Gasteiger partial charge >= 0.3 is 5.97 Å². The molecule has 0 heterocycles. The lowest BCUT2D eigenvalue weighted by Gasteiger charge is -1.99. The van der Waals surface area contributed by atoms with Crippen molar-refractivity contribution in [3.63, 3.8) is 0 Å². The van der Waals surface area contributed by atoms with E-state index in [4.69, 9.17) is 10.7 Å². The molecule has 0 radical (unpaired) electrons. The second kappa shape index (κ2) is 5.99. The summed E-state index contributed by atoms with van der Waals surface area (Å²) in [5, 5.41) is 13.9. The minimum absolute atomic E-state index is 0.175. The molecule has 66 valence electrons. The Hall–Kier alpha value is -1.75. The number of nitrogens with zero attached hydrogens (tertiary/aromatic N) is 4. The lowest BCUT2D eigenvalue weighted by molar-refractivity contribution is -0.135. The van der Waals surface area contributed by atoms with Gasteiger partial charge in [0.25, 0.3) is 0 Å². The Morgan fingerprint density at radius 1 is 1.75 bits per heavy atom. The first-order chi connectivity index (χ1) is 5.76. The predicted molar refractivity (Wildman–Crippen MR) is 39.9 cm³/mol. The van der Waals surface area contributed by atoms with E-state index in [1.165, 1.54) is 0 Å². The molecule has 0 aromatic heterocycles. The minimum Gasteiger partial charge on any atom is -0.461 e. The minimum atomic E-state index is -0.785. The molecule has 0 spiro atoms. The van der Waals surface area contributed by atoms with Crippen LogP contribution in [0.25, 0.3) is 10.4 Å². The summed E-state index contributed by atoms with van der Waals surface area (Å²) in [5.41, 5.74) is 7.58. The maximum absolute atomic E-state index is 10.8. The number of esters is 1. The van der Waals surface area contributed by atoms with Crippen molar-refractivity contribution in [1.82, 2.24) is 0 Å². The third-order valence-corrected chi connectivity index (χ3v) is 0.915. The van der Waals surface area contributed by atoms with Crippen LogP contribution in [0.2, 0.25) is 0 Å². The van der Waals surface area contributed by atoms with Gasteiger partial charge in [-0.25, -0.2) is 4.79 Å². The highest BCUT2D eigenvalue weighted by Crippen LogP contribution is 1.86. The molecule has 0 bridgehead atoms. The van der Waals surface area contributed by atoms with Crippen LogP contribution in [-0.2, 0) is 9.53 Å². The Kier molecular flexibility index (Phi) is 5.12. The van der Waals surface area contributed by atoms with Crippen LogP contribution < -0.4 is 0 Å². The summed E-state index contributed by atoms with van der Waals surface area (Å²) in [7, 11) is 0. The topological polar surface area (TPSA) is 108 Å². The van der Waals surface area contributed by atoms with Crippen molar-refractivity contribution in [2.45, 2.75) is 6.92 Å². The van der Waals surface area contributed by atoms with Crippen LogP contribution in [0.5, 0.6) is 0 Å². The third-order valence-electron chi connectivity index (χ3n) is 0.915. The molecule has 0 aromatic rings. The van der Waals surface area contributed by atoms with Gasteiger partial charge in [0.05, 0.1) is 13.2 Å². The Bertz CT molecular complexity index is 231. The fourth-order valence-corrected chi connectivity index (χ4v) is 0.450. The van der Waals surface area contributed by atoms with Gasteiger partial charge < -0.3 is 9.94 Å². The van der Waals surface area contributed by atoms with Crippen molar-refractivity contribution >= 4 is 11.7 Å². The molecule has 0 unspecified atom stereocenters. The lowest BCUT2D eigenvalue weighted by Crippen LogP contribution is -2.20. The summed E-state index contributed by atoms with van der Waals surface area (Å²) < 4.78 is 4.48. The summed E-state index contributed by atoms with van der Waals surface area (Å²) >= 11 is 0. The first kappa shape index (κ1) is 10.2. The second-order valence-corrected chi connectivity index (χ2v) is 1.66.